The first kappa shape index (κ1) is 15.9. The van der Waals surface area contributed by atoms with Gasteiger partial charge in [-0.2, -0.15) is 0 Å². The Hall–Kier alpha value is -2.00. The zero-order valence-corrected chi connectivity index (χ0v) is 14.1. The predicted octanol–water partition coefficient (Wildman–Crippen LogP) is 4.43. The first-order chi connectivity index (χ1) is 11.1. The summed E-state index contributed by atoms with van der Waals surface area (Å²) in [6, 6.07) is 13.7. The third-order valence-electron chi connectivity index (χ3n) is 4.26. The number of anilines is 2. The monoisotopic (exact) mass is 328 g/mol. The van der Waals surface area contributed by atoms with E-state index in [-0.39, 0.29) is 12.3 Å². The van der Waals surface area contributed by atoms with Crippen LogP contribution >= 0.6 is 11.6 Å². The van der Waals surface area contributed by atoms with Gasteiger partial charge in [0.1, 0.15) is 0 Å². The number of halogens is 1. The Balaban J connectivity index is 1.67. The van der Waals surface area contributed by atoms with Crippen molar-refractivity contribution in [1.29, 1.82) is 0 Å². The highest BCUT2D eigenvalue weighted by molar-refractivity contribution is 6.31. The average molecular weight is 329 g/mol. The van der Waals surface area contributed by atoms with Crippen molar-refractivity contribution in [2.75, 3.05) is 23.3 Å². The molecule has 3 rings (SSSR count). The van der Waals surface area contributed by atoms with Gasteiger partial charge in [0.15, 0.2) is 0 Å². The van der Waals surface area contributed by atoms with Gasteiger partial charge in [-0.3, -0.25) is 4.79 Å². The van der Waals surface area contributed by atoms with Crippen molar-refractivity contribution >= 4 is 28.9 Å². The molecule has 3 nitrogen and oxygen atoms in total. The van der Waals surface area contributed by atoms with Gasteiger partial charge in [-0.15, -0.1) is 0 Å². The highest BCUT2D eigenvalue weighted by Crippen LogP contribution is 2.26. The van der Waals surface area contributed by atoms with Gasteiger partial charge in [0.05, 0.1) is 6.42 Å². The summed E-state index contributed by atoms with van der Waals surface area (Å²) in [6.45, 7) is 4.28. The van der Waals surface area contributed by atoms with Crippen molar-refractivity contribution in [3.63, 3.8) is 0 Å². The molecule has 4 heteroatoms. The number of hydrogen-bond donors (Lipinski definition) is 1. The van der Waals surface area contributed by atoms with E-state index in [1.807, 2.05) is 31.2 Å². The Bertz CT molecular complexity index is 708. The van der Waals surface area contributed by atoms with Crippen LogP contribution in [0.5, 0.6) is 0 Å². The van der Waals surface area contributed by atoms with E-state index in [4.69, 9.17) is 11.6 Å². The fourth-order valence-electron chi connectivity index (χ4n) is 2.97. The lowest BCUT2D eigenvalue weighted by molar-refractivity contribution is -0.115. The second-order valence-corrected chi connectivity index (χ2v) is 6.42. The second kappa shape index (κ2) is 7.05. The quantitative estimate of drug-likeness (QED) is 0.900. The van der Waals surface area contributed by atoms with E-state index in [1.54, 1.807) is 6.07 Å². The van der Waals surface area contributed by atoms with Crippen LogP contribution < -0.4 is 10.2 Å². The number of amides is 1. The predicted molar refractivity (Wildman–Crippen MR) is 96.4 cm³/mol. The molecule has 1 N–H and O–H groups in total. The maximum atomic E-state index is 12.2. The Kier molecular flexibility index (Phi) is 4.87. The van der Waals surface area contributed by atoms with Gasteiger partial charge in [0.2, 0.25) is 5.91 Å². The number of carbonyl (C=O) groups is 1. The first-order valence-electron chi connectivity index (χ1n) is 8.02. The number of nitrogens with one attached hydrogen (secondary N) is 1. The van der Waals surface area contributed by atoms with Crippen molar-refractivity contribution in [1.82, 2.24) is 0 Å². The lowest BCUT2D eigenvalue weighted by Crippen LogP contribution is -2.18. The van der Waals surface area contributed by atoms with Crippen molar-refractivity contribution in [2.45, 2.75) is 26.2 Å². The molecule has 0 aliphatic carbocycles. The maximum absolute atomic E-state index is 12.2. The van der Waals surface area contributed by atoms with Crippen LogP contribution in [0.15, 0.2) is 42.5 Å². The van der Waals surface area contributed by atoms with E-state index in [2.05, 4.69) is 22.3 Å². The van der Waals surface area contributed by atoms with Crippen LogP contribution in [0.1, 0.15) is 24.0 Å². The SMILES string of the molecule is Cc1cc(N2CCCC2)ccc1NC(=O)Cc1ccccc1Cl. The van der Waals surface area contributed by atoms with Gasteiger partial charge in [0, 0.05) is 29.5 Å². The van der Waals surface area contributed by atoms with Crippen LogP contribution in [0, 0.1) is 6.92 Å². The number of nitrogens with zero attached hydrogens (tertiary/aromatic N) is 1. The summed E-state index contributed by atoms with van der Waals surface area (Å²) in [4.78, 5) is 14.6. The maximum Gasteiger partial charge on any atom is 0.228 e. The molecule has 23 heavy (non-hydrogen) atoms. The van der Waals surface area contributed by atoms with E-state index in [0.29, 0.717) is 5.02 Å². The third-order valence-corrected chi connectivity index (χ3v) is 4.63. The topological polar surface area (TPSA) is 32.3 Å². The van der Waals surface area contributed by atoms with Crippen LogP contribution in [0.3, 0.4) is 0 Å². The minimum absolute atomic E-state index is 0.0462. The van der Waals surface area contributed by atoms with Crippen LogP contribution in [-0.2, 0) is 11.2 Å². The van der Waals surface area contributed by atoms with Gasteiger partial charge in [-0.25, -0.2) is 0 Å². The molecule has 0 unspecified atom stereocenters. The molecule has 1 heterocycles. The van der Waals surface area contributed by atoms with Crippen LogP contribution in [0.4, 0.5) is 11.4 Å². The Morgan fingerprint density at radius 3 is 2.61 bits per heavy atom. The average Bonchev–Trinajstić information content (AvgIpc) is 3.06. The fourth-order valence-corrected chi connectivity index (χ4v) is 3.17. The minimum Gasteiger partial charge on any atom is -0.372 e. The van der Waals surface area contributed by atoms with E-state index >= 15 is 0 Å². The molecule has 1 aliphatic rings. The molecule has 1 fully saturated rings. The second-order valence-electron chi connectivity index (χ2n) is 6.01. The molecule has 1 aliphatic heterocycles. The minimum atomic E-state index is -0.0462. The summed E-state index contributed by atoms with van der Waals surface area (Å²) in [5.74, 6) is -0.0462. The van der Waals surface area contributed by atoms with Gasteiger partial charge < -0.3 is 10.2 Å². The van der Waals surface area contributed by atoms with Crippen molar-refractivity contribution in [2.24, 2.45) is 0 Å². The molecule has 2 aromatic rings. The van der Waals surface area contributed by atoms with Gasteiger partial charge >= 0.3 is 0 Å². The summed E-state index contributed by atoms with van der Waals surface area (Å²) < 4.78 is 0. The van der Waals surface area contributed by atoms with Crippen molar-refractivity contribution < 1.29 is 4.79 Å². The molecule has 1 saturated heterocycles. The molecule has 0 atom stereocenters. The zero-order valence-electron chi connectivity index (χ0n) is 13.3. The van der Waals surface area contributed by atoms with Crippen molar-refractivity contribution in [3.8, 4) is 0 Å². The summed E-state index contributed by atoms with van der Waals surface area (Å²) in [5.41, 5.74) is 4.04. The number of hydrogen-bond acceptors (Lipinski definition) is 2. The normalized spacial score (nSPS) is 14.1. The van der Waals surface area contributed by atoms with Gasteiger partial charge in [-0.05, 0) is 55.2 Å². The molecule has 0 spiro atoms. The lowest BCUT2D eigenvalue weighted by Gasteiger charge is -2.19. The van der Waals surface area contributed by atoms with Gasteiger partial charge in [-0.1, -0.05) is 29.8 Å². The number of rotatable bonds is 4. The summed E-state index contributed by atoms with van der Waals surface area (Å²) in [5, 5.41) is 3.62. The molecule has 0 aromatic heterocycles. The lowest BCUT2D eigenvalue weighted by atomic mass is 10.1. The number of aryl methyl sites for hydroxylation is 1. The summed E-state index contributed by atoms with van der Waals surface area (Å²) >= 11 is 6.11. The Morgan fingerprint density at radius 2 is 1.91 bits per heavy atom. The van der Waals surface area contributed by atoms with E-state index in [0.717, 1.165) is 29.9 Å². The number of benzene rings is 2. The summed E-state index contributed by atoms with van der Waals surface area (Å²) in [6.07, 6.45) is 2.80. The molecule has 0 radical (unpaired) electrons. The van der Waals surface area contributed by atoms with Crippen LogP contribution in [0.25, 0.3) is 0 Å². The highest BCUT2D eigenvalue weighted by atomic mass is 35.5. The van der Waals surface area contributed by atoms with Crippen LogP contribution in [0.2, 0.25) is 5.02 Å². The molecule has 0 bridgehead atoms. The molecule has 2 aromatic carbocycles. The summed E-state index contributed by atoms with van der Waals surface area (Å²) in [7, 11) is 0. The largest absolute Gasteiger partial charge is 0.372 e. The first-order valence-corrected chi connectivity index (χ1v) is 8.40. The Morgan fingerprint density at radius 1 is 1.17 bits per heavy atom. The van der Waals surface area contributed by atoms with E-state index in [1.165, 1.54) is 18.5 Å². The molecular weight excluding hydrogens is 308 g/mol. The molecule has 120 valence electrons. The van der Waals surface area contributed by atoms with Crippen LogP contribution in [-0.4, -0.2) is 19.0 Å². The third kappa shape index (κ3) is 3.85. The molecular formula is C19H21ClN2O. The fraction of sp³-hybridized carbons (Fsp3) is 0.316. The highest BCUT2D eigenvalue weighted by Gasteiger charge is 2.14. The smallest absolute Gasteiger partial charge is 0.228 e. The van der Waals surface area contributed by atoms with Crippen molar-refractivity contribution in [3.05, 3.63) is 58.6 Å². The van der Waals surface area contributed by atoms with Gasteiger partial charge in [0.25, 0.3) is 0 Å². The molecule has 0 saturated carbocycles. The number of carbonyl (C=O) groups excluding carboxylic acids is 1. The standard InChI is InChI=1S/C19H21ClN2O/c1-14-12-16(22-10-4-5-11-22)8-9-18(14)21-19(23)13-15-6-2-3-7-17(15)20/h2-3,6-9,12H,4-5,10-11,13H2,1H3,(H,21,23). The van der Waals surface area contributed by atoms with E-state index in [9.17, 15) is 4.79 Å². The Labute approximate surface area is 142 Å². The zero-order chi connectivity index (χ0) is 16.2. The molecule has 1 amide bonds. The van der Waals surface area contributed by atoms with E-state index < -0.39 is 0 Å².